The number of imide groups is 1. The van der Waals surface area contributed by atoms with Gasteiger partial charge in [-0.05, 0) is 31.6 Å². The molecule has 1 spiro atoms. The molecular weight excluding hydrogens is 332 g/mol. The van der Waals surface area contributed by atoms with Crippen LogP contribution in [0.4, 0.5) is 9.59 Å². The summed E-state index contributed by atoms with van der Waals surface area (Å²) in [6.45, 7) is 3.05. The third kappa shape index (κ3) is 3.22. The molecule has 3 rings (SSSR count). The molecule has 0 bridgehead atoms. The minimum Gasteiger partial charge on any atom is -0.332 e. The van der Waals surface area contributed by atoms with Crippen LogP contribution < -0.4 is 10.7 Å². The molecule has 0 radical (unpaired) electrons. The second kappa shape index (κ2) is 6.62. The Morgan fingerprint density at radius 3 is 2.67 bits per heavy atom. The lowest BCUT2D eigenvalue weighted by Gasteiger charge is -2.33. The van der Waals surface area contributed by atoms with Gasteiger partial charge in [0.2, 0.25) is 5.91 Å². The Kier molecular flexibility index (Phi) is 4.71. The van der Waals surface area contributed by atoms with E-state index in [9.17, 15) is 19.2 Å². The lowest BCUT2D eigenvalue weighted by Crippen LogP contribution is -2.51. The van der Waals surface area contributed by atoms with Crippen LogP contribution in [0.2, 0.25) is 0 Å². The average Bonchev–Trinajstić information content (AvgIpc) is 3.05. The summed E-state index contributed by atoms with van der Waals surface area (Å²) >= 11 is 1.23. The van der Waals surface area contributed by atoms with E-state index in [1.54, 1.807) is 4.90 Å². The van der Waals surface area contributed by atoms with Gasteiger partial charge < -0.3 is 10.2 Å². The summed E-state index contributed by atoms with van der Waals surface area (Å²) in [6, 6.07) is -0.573. The smallest absolute Gasteiger partial charge is 0.332 e. The molecule has 0 aromatic heterocycles. The van der Waals surface area contributed by atoms with Gasteiger partial charge in [-0.15, -0.1) is 0 Å². The Morgan fingerprint density at radius 1 is 1.33 bits per heavy atom. The lowest BCUT2D eigenvalue weighted by atomic mass is 9.77. The number of hydrogen-bond acceptors (Lipinski definition) is 5. The van der Waals surface area contributed by atoms with E-state index in [2.05, 4.69) is 17.7 Å². The number of hydrazine groups is 1. The number of carbonyl (C=O) groups excluding carboxylic acids is 4. The molecule has 8 nitrogen and oxygen atoms in total. The van der Waals surface area contributed by atoms with Gasteiger partial charge in [0.05, 0.1) is 0 Å². The van der Waals surface area contributed by atoms with E-state index in [-0.39, 0.29) is 17.6 Å². The van der Waals surface area contributed by atoms with E-state index >= 15 is 0 Å². The molecule has 0 atom stereocenters. The van der Waals surface area contributed by atoms with E-state index in [1.807, 2.05) is 0 Å². The molecular formula is C15H22N4O4S. The first kappa shape index (κ1) is 17.1. The molecule has 132 valence electrons. The first-order valence-corrected chi connectivity index (χ1v) is 9.28. The lowest BCUT2D eigenvalue weighted by molar-refractivity contribution is -0.140. The third-order valence-electron chi connectivity index (χ3n) is 4.98. The fourth-order valence-electron chi connectivity index (χ4n) is 3.36. The number of hydrogen-bond donors (Lipinski definition) is 2. The highest BCUT2D eigenvalue weighted by Crippen LogP contribution is 2.35. The minimum atomic E-state index is -0.863. The highest BCUT2D eigenvalue weighted by atomic mass is 32.2. The Hall–Kier alpha value is -1.77. The van der Waals surface area contributed by atoms with Crippen LogP contribution in [0.1, 0.15) is 39.0 Å². The van der Waals surface area contributed by atoms with E-state index < -0.39 is 17.5 Å². The van der Waals surface area contributed by atoms with Crippen LogP contribution in [-0.2, 0) is 9.59 Å². The SMILES string of the molecule is CC1CCC2(CC1)NC(=O)N(NC(=O)CCN1CCSC1=O)C2=O. The van der Waals surface area contributed by atoms with Crippen LogP contribution in [-0.4, -0.2) is 57.4 Å². The zero-order valence-corrected chi connectivity index (χ0v) is 14.5. The van der Waals surface area contributed by atoms with Crippen molar-refractivity contribution in [2.24, 2.45) is 5.92 Å². The van der Waals surface area contributed by atoms with Crippen molar-refractivity contribution < 1.29 is 19.2 Å². The largest absolute Gasteiger partial charge is 0.344 e. The summed E-state index contributed by atoms with van der Waals surface area (Å²) in [7, 11) is 0. The first-order valence-electron chi connectivity index (χ1n) is 8.29. The fraction of sp³-hybridized carbons (Fsp3) is 0.733. The van der Waals surface area contributed by atoms with Crippen molar-refractivity contribution in [1.29, 1.82) is 0 Å². The van der Waals surface area contributed by atoms with Gasteiger partial charge in [-0.25, -0.2) is 4.79 Å². The number of rotatable bonds is 4. The number of nitrogens with zero attached hydrogens (tertiary/aromatic N) is 2. The number of nitrogens with one attached hydrogen (secondary N) is 2. The average molecular weight is 354 g/mol. The van der Waals surface area contributed by atoms with Crippen molar-refractivity contribution in [3.63, 3.8) is 0 Å². The predicted octanol–water partition coefficient (Wildman–Crippen LogP) is 1.08. The van der Waals surface area contributed by atoms with Crippen LogP contribution in [0.5, 0.6) is 0 Å². The van der Waals surface area contributed by atoms with Crippen molar-refractivity contribution in [3.8, 4) is 0 Å². The van der Waals surface area contributed by atoms with Gasteiger partial charge in [0, 0.05) is 25.3 Å². The first-order chi connectivity index (χ1) is 11.4. The van der Waals surface area contributed by atoms with Crippen LogP contribution in [0.25, 0.3) is 0 Å². The molecule has 2 heterocycles. The zero-order valence-electron chi connectivity index (χ0n) is 13.7. The minimum absolute atomic E-state index is 0.0342. The van der Waals surface area contributed by atoms with Gasteiger partial charge in [0.25, 0.3) is 11.1 Å². The summed E-state index contributed by atoms with van der Waals surface area (Å²) in [5.74, 6) is 0.457. The molecule has 2 aliphatic heterocycles. The van der Waals surface area contributed by atoms with E-state index in [1.165, 1.54) is 11.8 Å². The summed E-state index contributed by atoms with van der Waals surface area (Å²) in [5.41, 5.74) is 1.53. The molecule has 2 N–H and O–H groups in total. The van der Waals surface area contributed by atoms with Crippen LogP contribution in [0, 0.1) is 5.92 Å². The fourth-order valence-corrected chi connectivity index (χ4v) is 4.21. The van der Waals surface area contributed by atoms with E-state index in [0.29, 0.717) is 31.8 Å². The number of amides is 5. The van der Waals surface area contributed by atoms with E-state index in [4.69, 9.17) is 0 Å². The molecule has 5 amide bonds. The highest BCUT2D eigenvalue weighted by Gasteiger charge is 2.52. The van der Waals surface area contributed by atoms with Crippen molar-refractivity contribution in [2.75, 3.05) is 18.8 Å². The van der Waals surface area contributed by atoms with Gasteiger partial charge in [0.15, 0.2) is 0 Å². The highest BCUT2D eigenvalue weighted by molar-refractivity contribution is 8.13. The van der Waals surface area contributed by atoms with Crippen molar-refractivity contribution in [3.05, 3.63) is 0 Å². The predicted molar refractivity (Wildman–Crippen MR) is 87.9 cm³/mol. The van der Waals surface area contributed by atoms with E-state index in [0.717, 1.165) is 23.6 Å². The van der Waals surface area contributed by atoms with Gasteiger partial charge in [-0.2, -0.15) is 5.01 Å². The summed E-state index contributed by atoms with van der Waals surface area (Å²) in [6.07, 6.45) is 3.02. The Bertz CT molecular complexity index is 574. The summed E-state index contributed by atoms with van der Waals surface area (Å²) in [4.78, 5) is 49.8. The maximum atomic E-state index is 12.6. The van der Waals surface area contributed by atoms with Crippen molar-refractivity contribution in [2.45, 2.75) is 44.6 Å². The second-order valence-corrected chi connectivity index (χ2v) is 7.77. The molecule has 0 aromatic rings. The van der Waals surface area contributed by atoms with Gasteiger partial charge in [-0.3, -0.25) is 19.8 Å². The maximum Gasteiger partial charge on any atom is 0.344 e. The summed E-state index contributed by atoms with van der Waals surface area (Å²) < 4.78 is 0. The molecule has 0 aromatic carbocycles. The topological polar surface area (TPSA) is 98.8 Å². The van der Waals surface area contributed by atoms with Gasteiger partial charge in [-0.1, -0.05) is 18.7 Å². The molecule has 2 saturated heterocycles. The van der Waals surface area contributed by atoms with Gasteiger partial charge in [0.1, 0.15) is 5.54 Å². The Balaban J connectivity index is 1.54. The van der Waals surface area contributed by atoms with Crippen LogP contribution in [0.15, 0.2) is 0 Å². The van der Waals surface area contributed by atoms with Crippen LogP contribution in [0.3, 0.4) is 0 Å². The molecule has 24 heavy (non-hydrogen) atoms. The Labute approximate surface area is 144 Å². The number of urea groups is 1. The monoisotopic (exact) mass is 354 g/mol. The number of thioether (sulfide) groups is 1. The standard InChI is InChI=1S/C15H22N4O4S/c1-10-2-5-15(6-3-10)12(21)19(13(22)16-15)17-11(20)4-7-18-8-9-24-14(18)23/h10H,2-9H2,1H3,(H,16,22)(H,17,20). The van der Waals surface area contributed by atoms with Crippen LogP contribution >= 0.6 is 11.8 Å². The molecule has 9 heteroatoms. The van der Waals surface area contributed by atoms with Crippen molar-refractivity contribution in [1.82, 2.24) is 20.7 Å². The number of carbonyl (C=O) groups is 4. The molecule has 1 aliphatic carbocycles. The zero-order chi connectivity index (χ0) is 17.3. The quantitative estimate of drug-likeness (QED) is 0.736. The Morgan fingerprint density at radius 2 is 2.04 bits per heavy atom. The summed E-state index contributed by atoms with van der Waals surface area (Å²) in [5, 5.41) is 3.52. The second-order valence-electron chi connectivity index (χ2n) is 6.72. The molecule has 3 fully saturated rings. The maximum absolute atomic E-state index is 12.6. The van der Waals surface area contributed by atoms with Crippen molar-refractivity contribution >= 4 is 34.8 Å². The van der Waals surface area contributed by atoms with Gasteiger partial charge >= 0.3 is 6.03 Å². The molecule has 3 aliphatic rings. The third-order valence-corrected chi connectivity index (χ3v) is 5.87. The molecule has 0 unspecified atom stereocenters. The molecule has 1 saturated carbocycles. The normalized spacial score (nSPS) is 30.2.